The molecule has 0 aromatic carbocycles. The number of halogens is 3. The van der Waals surface area contributed by atoms with E-state index in [4.69, 9.17) is 0 Å². The van der Waals surface area contributed by atoms with Crippen LogP contribution >= 0.6 is 0 Å². The maximum Gasteiger partial charge on any atom is 0.417 e. The normalized spacial score (nSPS) is 14.1. The molecule has 0 bridgehead atoms. The number of piperazine rings is 1. The Bertz CT molecular complexity index is 997. The fraction of sp³-hybridized carbons (Fsp3) is 0.533. The van der Waals surface area contributed by atoms with Gasteiger partial charge in [-0.15, -0.1) is 0 Å². The largest absolute Gasteiger partial charge is 0.417 e. The monoisotopic (exact) mass is 565 g/mol. The molecule has 1 aliphatic rings. The van der Waals surface area contributed by atoms with Crippen LogP contribution in [0.2, 0.25) is 0 Å². The molecule has 0 radical (unpaired) electrons. The second kappa shape index (κ2) is 18.4. The first-order valence-corrected chi connectivity index (χ1v) is 14.0. The van der Waals surface area contributed by atoms with Crippen molar-refractivity contribution in [2.45, 2.75) is 47.2 Å². The summed E-state index contributed by atoms with van der Waals surface area (Å²) in [6, 6.07) is 6.29. The van der Waals surface area contributed by atoms with Crippen LogP contribution in [0.3, 0.4) is 0 Å². The van der Waals surface area contributed by atoms with Crippen molar-refractivity contribution in [2.24, 2.45) is 0 Å². The van der Waals surface area contributed by atoms with Gasteiger partial charge in [0.1, 0.15) is 11.6 Å². The molecular weight excluding hydrogens is 519 g/mol. The van der Waals surface area contributed by atoms with Gasteiger partial charge in [-0.2, -0.15) is 13.2 Å². The zero-order chi connectivity index (χ0) is 30.1. The van der Waals surface area contributed by atoms with Gasteiger partial charge in [0.15, 0.2) is 0 Å². The number of allylic oxidation sites excluding steroid dienone is 1. The van der Waals surface area contributed by atoms with Crippen molar-refractivity contribution in [3.63, 3.8) is 0 Å². The van der Waals surface area contributed by atoms with Gasteiger partial charge in [-0.25, -0.2) is 9.97 Å². The molecule has 40 heavy (non-hydrogen) atoms. The SMILES string of the molecule is C=C(/C(=C\C)CN1CCN(c2ccc(C(F)(F)F)cn2)CC1)c1ccc(N(CCO)CCO)nc1.CC.CCC. The molecule has 3 heterocycles. The van der Waals surface area contributed by atoms with Gasteiger partial charge in [0.2, 0.25) is 0 Å². The number of aliphatic hydroxyl groups is 2. The summed E-state index contributed by atoms with van der Waals surface area (Å²) < 4.78 is 38.3. The van der Waals surface area contributed by atoms with Gasteiger partial charge in [0.05, 0.1) is 18.8 Å². The van der Waals surface area contributed by atoms with Crippen LogP contribution in [-0.2, 0) is 6.18 Å². The second-order valence-corrected chi connectivity index (χ2v) is 9.00. The molecule has 7 nitrogen and oxygen atoms in total. The molecule has 1 aliphatic heterocycles. The molecule has 0 unspecified atom stereocenters. The minimum atomic E-state index is -4.39. The molecule has 2 aromatic rings. The van der Waals surface area contributed by atoms with Crippen molar-refractivity contribution in [3.05, 3.63) is 66.0 Å². The number of anilines is 2. The highest BCUT2D eigenvalue weighted by Gasteiger charge is 2.31. The van der Waals surface area contributed by atoms with Crippen molar-refractivity contribution >= 4 is 17.2 Å². The summed E-state index contributed by atoms with van der Waals surface area (Å²) in [6.45, 7) is 18.7. The molecular formula is C30H46F3N5O2. The van der Waals surface area contributed by atoms with E-state index in [1.165, 1.54) is 12.5 Å². The third-order valence-corrected chi connectivity index (χ3v) is 6.06. The van der Waals surface area contributed by atoms with Gasteiger partial charge >= 0.3 is 6.18 Å². The van der Waals surface area contributed by atoms with E-state index in [0.29, 0.717) is 44.4 Å². The molecule has 10 heteroatoms. The van der Waals surface area contributed by atoms with Crippen molar-refractivity contribution in [2.75, 3.05) is 68.8 Å². The molecule has 2 aromatic heterocycles. The number of aliphatic hydroxyl groups excluding tert-OH is 2. The van der Waals surface area contributed by atoms with Crippen LogP contribution in [0.25, 0.3) is 5.57 Å². The molecule has 0 spiro atoms. The van der Waals surface area contributed by atoms with Gasteiger partial charge in [0.25, 0.3) is 0 Å². The zero-order valence-electron chi connectivity index (χ0n) is 24.6. The van der Waals surface area contributed by atoms with E-state index in [0.717, 1.165) is 42.1 Å². The fourth-order valence-electron chi connectivity index (χ4n) is 4.00. The predicted octanol–water partition coefficient (Wildman–Crippen LogP) is 5.51. The van der Waals surface area contributed by atoms with Crippen molar-refractivity contribution in [1.29, 1.82) is 0 Å². The van der Waals surface area contributed by atoms with E-state index < -0.39 is 11.7 Å². The van der Waals surface area contributed by atoms with E-state index in [2.05, 4.69) is 35.3 Å². The number of nitrogens with zero attached hydrogens (tertiary/aromatic N) is 5. The van der Waals surface area contributed by atoms with Crippen molar-refractivity contribution < 1.29 is 23.4 Å². The van der Waals surface area contributed by atoms with Crippen LogP contribution in [0.4, 0.5) is 24.8 Å². The average Bonchev–Trinajstić information content (AvgIpc) is 2.97. The molecule has 0 atom stereocenters. The summed E-state index contributed by atoms with van der Waals surface area (Å²) in [5.41, 5.74) is 2.09. The Balaban J connectivity index is 0.00000150. The van der Waals surface area contributed by atoms with E-state index in [1.54, 1.807) is 6.20 Å². The summed E-state index contributed by atoms with van der Waals surface area (Å²) >= 11 is 0. The standard InChI is InChI=1S/C25H32F3N5O2.C3H8.C2H6/c1-3-20(19(2)21-4-6-23(29-16-21)33(12-14-34)13-15-35)18-31-8-10-32(11-9-31)24-7-5-22(17-30-24)25(26,27)28;1-3-2;1-2/h3-7,16-17,34-35H,2,8-15,18H2,1H3;3H2,1-2H3;1-2H3/b20-3-;;. The Morgan fingerprint density at radius 2 is 1.57 bits per heavy atom. The quantitative estimate of drug-likeness (QED) is 0.368. The molecule has 0 saturated carbocycles. The van der Waals surface area contributed by atoms with Crippen LogP contribution in [0.5, 0.6) is 0 Å². The molecule has 224 valence electrons. The van der Waals surface area contributed by atoms with Crippen LogP contribution in [-0.4, -0.2) is 84.1 Å². The first kappa shape index (κ1) is 35.1. The highest BCUT2D eigenvalue weighted by atomic mass is 19.4. The third kappa shape index (κ3) is 10.9. The van der Waals surface area contributed by atoms with Crippen molar-refractivity contribution in [1.82, 2.24) is 14.9 Å². The van der Waals surface area contributed by atoms with Gasteiger partial charge < -0.3 is 20.0 Å². The Labute approximate surface area is 237 Å². The summed E-state index contributed by atoms with van der Waals surface area (Å²) in [4.78, 5) is 14.6. The number of alkyl halides is 3. The molecule has 2 N–H and O–H groups in total. The maximum atomic E-state index is 12.8. The lowest BCUT2D eigenvalue weighted by atomic mass is 10.00. The number of aromatic nitrogens is 2. The molecule has 1 fully saturated rings. The van der Waals surface area contributed by atoms with Crippen LogP contribution < -0.4 is 9.80 Å². The summed E-state index contributed by atoms with van der Waals surface area (Å²) in [6.07, 6.45) is 1.53. The second-order valence-electron chi connectivity index (χ2n) is 9.00. The van der Waals surface area contributed by atoms with E-state index >= 15 is 0 Å². The Hall–Kier alpha value is -2.95. The number of rotatable bonds is 10. The fourth-order valence-corrected chi connectivity index (χ4v) is 4.00. The molecule has 0 aliphatic carbocycles. The lowest BCUT2D eigenvalue weighted by Crippen LogP contribution is -2.47. The maximum absolute atomic E-state index is 12.8. The Morgan fingerprint density at radius 1 is 0.975 bits per heavy atom. The van der Waals surface area contributed by atoms with Crippen molar-refractivity contribution in [3.8, 4) is 0 Å². The first-order chi connectivity index (χ1) is 19.2. The summed E-state index contributed by atoms with van der Waals surface area (Å²) in [5.74, 6) is 1.23. The number of hydrogen-bond acceptors (Lipinski definition) is 7. The molecule has 0 amide bonds. The van der Waals surface area contributed by atoms with Gasteiger partial charge in [-0.05, 0) is 47.9 Å². The number of pyridine rings is 2. The minimum Gasteiger partial charge on any atom is -0.395 e. The van der Waals surface area contributed by atoms with Gasteiger partial charge in [-0.3, -0.25) is 4.90 Å². The summed E-state index contributed by atoms with van der Waals surface area (Å²) in [7, 11) is 0. The predicted molar refractivity (Wildman–Crippen MR) is 159 cm³/mol. The Kier molecular flexibility index (Phi) is 16.1. The molecule has 1 saturated heterocycles. The van der Waals surface area contributed by atoms with Gasteiger partial charge in [0, 0.05) is 58.2 Å². The van der Waals surface area contributed by atoms with Gasteiger partial charge in [-0.1, -0.05) is 46.8 Å². The van der Waals surface area contributed by atoms with Crippen LogP contribution in [0.1, 0.15) is 52.2 Å². The highest BCUT2D eigenvalue weighted by molar-refractivity contribution is 5.77. The summed E-state index contributed by atoms with van der Waals surface area (Å²) in [5, 5.41) is 18.4. The van der Waals surface area contributed by atoms with Crippen LogP contribution in [0, 0.1) is 0 Å². The molecule has 3 rings (SSSR count). The van der Waals surface area contributed by atoms with E-state index in [1.807, 2.05) is 48.8 Å². The van der Waals surface area contributed by atoms with E-state index in [9.17, 15) is 23.4 Å². The minimum absolute atomic E-state index is 0.0267. The van der Waals surface area contributed by atoms with Crippen LogP contribution in [0.15, 0.2) is 54.9 Å². The third-order valence-electron chi connectivity index (χ3n) is 6.06. The lowest BCUT2D eigenvalue weighted by Gasteiger charge is -2.36. The lowest BCUT2D eigenvalue weighted by molar-refractivity contribution is -0.137. The highest BCUT2D eigenvalue weighted by Crippen LogP contribution is 2.30. The van der Waals surface area contributed by atoms with E-state index in [-0.39, 0.29) is 13.2 Å². The topological polar surface area (TPSA) is 76.0 Å². The average molecular weight is 566 g/mol. The Morgan fingerprint density at radius 3 is 2.00 bits per heavy atom. The first-order valence-electron chi connectivity index (χ1n) is 14.0. The smallest absolute Gasteiger partial charge is 0.395 e. The zero-order valence-corrected chi connectivity index (χ0v) is 24.6. The number of hydrogen-bond donors (Lipinski definition) is 2.